The highest BCUT2D eigenvalue weighted by molar-refractivity contribution is 6.02. The molecule has 0 spiro atoms. The largest absolute Gasteiger partial charge is 0.385 e. The molecule has 2 aliphatic carbocycles. The summed E-state index contributed by atoms with van der Waals surface area (Å²) in [5.41, 5.74) is 2.49. The van der Waals surface area contributed by atoms with Crippen molar-refractivity contribution >= 4 is 11.7 Å². The Bertz CT molecular complexity index is 969. The number of carbonyl (C=O) groups is 2. The second-order valence-corrected chi connectivity index (χ2v) is 9.15. The second kappa shape index (κ2) is 7.66. The molecule has 1 saturated heterocycles. The van der Waals surface area contributed by atoms with Gasteiger partial charge in [-0.1, -0.05) is 49.2 Å². The highest BCUT2D eigenvalue weighted by atomic mass is 16.3. The van der Waals surface area contributed by atoms with Crippen molar-refractivity contribution in [1.82, 2.24) is 4.90 Å². The molecule has 1 amide bonds. The maximum absolute atomic E-state index is 13.5. The number of aryl methyl sites for hydroxylation is 1. The number of aliphatic hydroxyl groups is 1. The Morgan fingerprint density at radius 1 is 1.00 bits per heavy atom. The average Bonchev–Trinajstić information content (AvgIpc) is 2.80. The molecule has 156 valence electrons. The first kappa shape index (κ1) is 19.5. The summed E-state index contributed by atoms with van der Waals surface area (Å²) in [6.45, 7) is 0.538. The lowest BCUT2D eigenvalue weighted by molar-refractivity contribution is -0.110. The minimum absolute atomic E-state index is 0.00295. The summed E-state index contributed by atoms with van der Waals surface area (Å²) in [4.78, 5) is 27.9. The van der Waals surface area contributed by atoms with Gasteiger partial charge in [-0.3, -0.25) is 9.59 Å². The number of likely N-dealkylation sites (tertiary alicyclic amines) is 1. The zero-order chi connectivity index (χ0) is 20.7. The number of fused-ring (bicyclic) bond motifs is 2. The number of hydrogen-bond acceptors (Lipinski definition) is 3. The van der Waals surface area contributed by atoms with Gasteiger partial charge in [0.2, 0.25) is 0 Å². The van der Waals surface area contributed by atoms with Gasteiger partial charge in [0.15, 0.2) is 5.78 Å². The van der Waals surface area contributed by atoms with E-state index in [2.05, 4.69) is 0 Å². The molecule has 0 radical (unpaired) electrons. The molecule has 4 heteroatoms. The lowest BCUT2D eigenvalue weighted by atomic mass is 9.66. The van der Waals surface area contributed by atoms with Crippen LogP contribution in [0, 0.1) is 5.92 Å². The van der Waals surface area contributed by atoms with E-state index in [0.717, 1.165) is 55.2 Å². The van der Waals surface area contributed by atoms with E-state index >= 15 is 0 Å². The normalized spacial score (nSPS) is 28.6. The third kappa shape index (κ3) is 3.18. The van der Waals surface area contributed by atoms with Gasteiger partial charge in [0, 0.05) is 36.1 Å². The van der Waals surface area contributed by atoms with Crippen molar-refractivity contribution in [3.8, 4) is 0 Å². The lowest BCUT2D eigenvalue weighted by Gasteiger charge is -2.52. The van der Waals surface area contributed by atoms with Crippen LogP contribution in [0.3, 0.4) is 0 Å². The first-order valence-corrected chi connectivity index (χ1v) is 11.3. The molecule has 1 unspecified atom stereocenters. The van der Waals surface area contributed by atoms with Gasteiger partial charge in [-0.15, -0.1) is 0 Å². The third-order valence-electron chi connectivity index (χ3n) is 7.52. The maximum Gasteiger partial charge on any atom is 0.254 e. The third-order valence-corrected chi connectivity index (χ3v) is 7.52. The topological polar surface area (TPSA) is 57.6 Å². The van der Waals surface area contributed by atoms with Gasteiger partial charge < -0.3 is 10.0 Å². The Morgan fingerprint density at radius 2 is 1.80 bits per heavy atom. The average molecular weight is 404 g/mol. The Balaban J connectivity index is 1.45. The van der Waals surface area contributed by atoms with E-state index in [4.69, 9.17) is 0 Å². The second-order valence-electron chi connectivity index (χ2n) is 9.15. The SMILES string of the molecule is O=C1CCCc2ccc(C(=O)N3CCC(O)(c4ccccc4)[C@@H]4CCCC[C@H]43)cc21. The van der Waals surface area contributed by atoms with Crippen LogP contribution in [-0.2, 0) is 12.0 Å². The van der Waals surface area contributed by atoms with E-state index in [-0.39, 0.29) is 23.7 Å². The number of carbonyl (C=O) groups excluding carboxylic acids is 2. The molecule has 1 aliphatic heterocycles. The number of Topliss-reactive ketones (excluding diaryl/α,β-unsaturated/α-hetero) is 1. The van der Waals surface area contributed by atoms with Crippen molar-refractivity contribution in [3.63, 3.8) is 0 Å². The highest BCUT2D eigenvalue weighted by Gasteiger charge is 2.50. The minimum atomic E-state index is -0.880. The number of hydrogen-bond donors (Lipinski definition) is 1. The molecule has 2 fully saturated rings. The number of nitrogens with zero attached hydrogens (tertiary/aromatic N) is 1. The summed E-state index contributed by atoms with van der Waals surface area (Å²) in [6.07, 6.45) is 6.96. The zero-order valence-electron chi connectivity index (χ0n) is 17.3. The molecule has 0 aromatic heterocycles. The van der Waals surface area contributed by atoms with Crippen LogP contribution in [0.25, 0.3) is 0 Å². The number of benzene rings is 2. The van der Waals surface area contributed by atoms with Crippen LogP contribution in [0.1, 0.15) is 76.8 Å². The van der Waals surface area contributed by atoms with Gasteiger partial charge in [0.05, 0.1) is 5.60 Å². The Labute approximate surface area is 177 Å². The van der Waals surface area contributed by atoms with Gasteiger partial charge in [-0.2, -0.15) is 0 Å². The van der Waals surface area contributed by atoms with Crippen molar-refractivity contribution in [2.24, 2.45) is 5.92 Å². The fourth-order valence-corrected chi connectivity index (χ4v) is 5.95. The van der Waals surface area contributed by atoms with Crippen molar-refractivity contribution in [2.75, 3.05) is 6.54 Å². The molecule has 5 rings (SSSR count). The Kier molecular flexibility index (Phi) is 4.98. The number of piperidine rings is 1. The summed E-state index contributed by atoms with van der Waals surface area (Å²) in [5, 5.41) is 11.7. The molecule has 1 saturated carbocycles. The molecule has 0 bridgehead atoms. The fourth-order valence-electron chi connectivity index (χ4n) is 5.95. The quantitative estimate of drug-likeness (QED) is 0.803. The lowest BCUT2D eigenvalue weighted by Crippen LogP contribution is -2.59. The molecule has 2 aromatic carbocycles. The summed E-state index contributed by atoms with van der Waals surface area (Å²) < 4.78 is 0. The maximum atomic E-state index is 13.5. The van der Waals surface area contributed by atoms with E-state index in [0.29, 0.717) is 24.9 Å². The molecule has 3 aliphatic rings. The van der Waals surface area contributed by atoms with Crippen LogP contribution in [0.2, 0.25) is 0 Å². The van der Waals surface area contributed by atoms with Crippen LogP contribution < -0.4 is 0 Å². The fraction of sp³-hybridized carbons (Fsp3) is 0.462. The monoisotopic (exact) mass is 403 g/mol. The first-order valence-electron chi connectivity index (χ1n) is 11.3. The Morgan fingerprint density at radius 3 is 2.63 bits per heavy atom. The molecule has 4 nitrogen and oxygen atoms in total. The van der Waals surface area contributed by atoms with Gasteiger partial charge in [-0.25, -0.2) is 0 Å². The van der Waals surface area contributed by atoms with Crippen LogP contribution in [0.4, 0.5) is 0 Å². The number of rotatable bonds is 2. The summed E-state index contributed by atoms with van der Waals surface area (Å²) in [7, 11) is 0. The molecule has 1 N–H and O–H groups in total. The summed E-state index contributed by atoms with van der Waals surface area (Å²) in [5.74, 6) is 0.201. The van der Waals surface area contributed by atoms with E-state index < -0.39 is 5.60 Å². The first-order chi connectivity index (χ1) is 14.6. The van der Waals surface area contributed by atoms with Crippen LogP contribution >= 0.6 is 0 Å². The summed E-state index contributed by atoms with van der Waals surface area (Å²) in [6, 6.07) is 15.7. The molecular formula is C26H29NO3. The van der Waals surface area contributed by atoms with Gasteiger partial charge in [0.1, 0.15) is 0 Å². The van der Waals surface area contributed by atoms with Gasteiger partial charge in [-0.05, 0) is 55.4 Å². The number of amides is 1. The standard InChI is InChI=1S/C26H29NO3/c28-24-12-6-7-18-13-14-19(17-21(18)24)25(29)27-16-15-26(30,20-8-2-1-3-9-20)22-10-4-5-11-23(22)27/h1-3,8-9,13-14,17,22-23,30H,4-7,10-12,15-16H2/t22-,23-,26?/m1/s1. The molecule has 2 aromatic rings. The van der Waals surface area contributed by atoms with E-state index in [1.54, 1.807) is 0 Å². The van der Waals surface area contributed by atoms with Crippen molar-refractivity contribution in [3.05, 3.63) is 70.8 Å². The summed E-state index contributed by atoms with van der Waals surface area (Å²) >= 11 is 0. The molecule has 1 heterocycles. The van der Waals surface area contributed by atoms with Gasteiger partial charge in [0.25, 0.3) is 5.91 Å². The highest BCUT2D eigenvalue weighted by Crippen LogP contribution is 2.47. The predicted octanol–water partition coefficient (Wildman–Crippen LogP) is 4.50. The molecular weight excluding hydrogens is 374 g/mol. The van der Waals surface area contributed by atoms with E-state index in [1.807, 2.05) is 53.4 Å². The van der Waals surface area contributed by atoms with Crippen LogP contribution in [0.15, 0.2) is 48.5 Å². The van der Waals surface area contributed by atoms with Crippen LogP contribution in [0.5, 0.6) is 0 Å². The minimum Gasteiger partial charge on any atom is -0.385 e. The van der Waals surface area contributed by atoms with Crippen molar-refractivity contribution in [2.45, 2.75) is 63.0 Å². The zero-order valence-corrected chi connectivity index (χ0v) is 17.3. The van der Waals surface area contributed by atoms with E-state index in [1.165, 1.54) is 0 Å². The van der Waals surface area contributed by atoms with Crippen molar-refractivity contribution < 1.29 is 14.7 Å². The number of ketones is 1. The van der Waals surface area contributed by atoms with Crippen LogP contribution in [-0.4, -0.2) is 34.3 Å². The van der Waals surface area contributed by atoms with E-state index in [9.17, 15) is 14.7 Å². The molecule has 3 atom stereocenters. The molecule has 30 heavy (non-hydrogen) atoms. The van der Waals surface area contributed by atoms with Crippen molar-refractivity contribution in [1.29, 1.82) is 0 Å². The Hall–Kier alpha value is -2.46. The predicted molar refractivity (Wildman–Crippen MR) is 115 cm³/mol. The smallest absolute Gasteiger partial charge is 0.254 e. The van der Waals surface area contributed by atoms with Gasteiger partial charge >= 0.3 is 0 Å².